The second kappa shape index (κ2) is 8.63. The van der Waals surface area contributed by atoms with Crippen molar-refractivity contribution < 1.29 is 19.5 Å². The minimum Gasteiger partial charge on any atom is -0.444 e. The predicted octanol–water partition coefficient (Wildman–Crippen LogP) is 4.84. The summed E-state index contributed by atoms with van der Waals surface area (Å²) in [7, 11) is 0. The highest BCUT2D eigenvalue weighted by Gasteiger charge is 2.54. The number of rotatable bonds is 5. The summed E-state index contributed by atoms with van der Waals surface area (Å²) >= 11 is 1.44. The van der Waals surface area contributed by atoms with Gasteiger partial charge in [-0.15, -0.1) is 11.3 Å². The van der Waals surface area contributed by atoms with Crippen molar-refractivity contribution in [1.29, 1.82) is 0 Å². The zero-order valence-corrected chi connectivity index (χ0v) is 19.2. The van der Waals surface area contributed by atoms with Crippen molar-refractivity contribution in [2.75, 3.05) is 0 Å². The summed E-state index contributed by atoms with van der Waals surface area (Å²) in [6, 6.07) is 8.63. The monoisotopic (exact) mass is 433 g/mol. The first-order chi connectivity index (χ1) is 14.0. The molecule has 1 aromatic carbocycles. The number of aromatic nitrogens is 1. The van der Waals surface area contributed by atoms with E-state index in [1.165, 1.54) is 16.4 Å². The van der Waals surface area contributed by atoms with Gasteiger partial charge in [-0.25, -0.2) is 9.78 Å². The summed E-state index contributed by atoms with van der Waals surface area (Å²) in [5.41, 5.74) is -0.588. The Morgan fingerprint density at radius 2 is 2.03 bits per heavy atom. The van der Waals surface area contributed by atoms with Gasteiger partial charge < -0.3 is 14.7 Å². The maximum absolute atomic E-state index is 13.2. The fraction of sp³-hybridized carbons (Fsp3) is 0.545. The van der Waals surface area contributed by atoms with Crippen LogP contribution >= 0.6 is 11.3 Å². The lowest BCUT2D eigenvalue weighted by molar-refractivity contribution is -0.156. The highest BCUT2D eigenvalue weighted by atomic mass is 32.1. The number of amides is 1. The smallest absolute Gasteiger partial charge is 0.412 e. The molecule has 0 spiro atoms. The lowest BCUT2D eigenvalue weighted by atomic mass is 10.0. The molecule has 3 rings (SSSR count). The summed E-state index contributed by atoms with van der Waals surface area (Å²) in [6.07, 6.45) is 0.885. The van der Waals surface area contributed by atoms with E-state index in [9.17, 15) is 10.0 Å². The molecule has 1 aliphatic heterocycles. The number of hydroxylamine groups is 2. The van der Waals surface area contributed by atoms with Crippen LogP contribution in [-0.4, -0.2) is 49.7 Å². The van der Waals surface area contributed by atoms with Gasteiger partial charge in [0.2, 0.25) is 0 Å². The van der Waals surface area contributed by atoms with Crippen LogP contribution in [0.1, 0.15) is 58.2 Å². The summed E-state index contributed by atoms with van der Waals surface area (Å²) in [6.45, 7) is 11.4. The van der Waals surface area contributed by atoms with E-state index in [-0.39, 0.29) is 12.6 Å². The van der Waals surface area contributed by atoms with Crippen LogP contribution in [0.2, 0.25) is 0 Å². The SMILES string of the molecule is CC1OC(C)(C)N(C(=O)OC(C)(C)C)[C@@H]1[C@H](c1nccs1)N(O)Cc1ccccc1. The van der Waals surface area contributed by atoms with Gasteiger partial charge >= 0.3 is 6.09 Å². The topological polar surface area (TPSA) is 75.1 Å². The Morgan fingerprint density at radius 1 is 1.37 bits per heavy atom. The van der Waals surface area contributed by atoms with Crippen molar-refractivity contribution in [2.24, 2.45) is 0 Å². The first-order valence-electron chi connectivity index (χ1n) is 10.1. The standard InChI is InChI=1S/C22H31N3O4S/c1-15-17(25(22(5,6)28-15)20(26)29-21(2,3)4)18(19-23-12-13-30-19)24(27)14-16-10-8-7-9-11-16/h7-13,15,17-18,27H,14H2,1-6H3/t15?,17-,18+/m0/s1. The fourth-order valence-electron chi connectivity index (χ4n) is 3.90. The molecule has 3 atom stereocenters. The minimum absolute atomic E-state index is 0.289. The lowest BCUT2D eigenvalue weighted by Gasteiger charge is -2.39. The maximum atomic E-state index is 13.2. The molecule has 1 amide bonds. The molecule has 0 saturated carbocycles. The van der Waals surface area contributed by atoms with Gasteiger partial charge in [0.05, 0.1) is 12.1 Å². The van der Waals surface area contributed by atoms with Gasteiger partial charge in [-0.1, -0.05) is 30.3 Å². The number of carbonyl (C=O) groups is 1. The molecule has 1 unspecified atom stereocenters. The molecule has 0 aliphatic carbocycles. The highest BCUT2D eigenvalue weighted by Crippen LogP contribution is 2.42. The molecule has 2 aromatic rings. The molecule has 2 heterocycles. The summed E-state index contributed by atoms with van der Waals surface area (Å²) in [4.78, 5) is 19.3. The van der Waals surface area contributed by atoms with E-state index in [1.807, 2.05) is 77.3 Å². The van der Waals surface area contributed by atoms with E-state index in [4.69, 9.17) is 9.47 Å². The Bertz CT molecular complexity index is 836. The Hall–Kier alpha value is -2.00. The molecule has 0 radical (unpaired) electrons. The average Bonchev–Trinajstić information content (AvgIpc) is 3.21. The Labute approximate surface area is 182 Å². The second-order valence-corrected chi connectivity index (χ2v) is 9.94. The van der Waals surface area contributed by atoms with Crippen LogP contribution in [0.15, 0.2) is 41.9 Å². The van der Waals surface area contributed by atoms with Crippen LogP contribution in [0.25, 0.3) is 0 Å². The first-order valence-corrected chi connectivity index (χ1v) is 11.0. The first kappa shape index (κ1) is 22.7. The van der Waals surface area contributed by atoms with E-state index in [2.05, 4.69) is 4.98 Å². The summed E-state index contributed by atoms with van der Waals surface area (Å²) < 4.78 is 11.8. The van der Waals surface area contributed by atoms with E-state index in [0.717, 1.165) is 5.56 Å². The van der Waals surface area contributed by atoms with Crippen LogP contribution in [-0.2, 0) is 16.0 Å². The van der Waals surface area contributed by atoms with E-state index >= 15 is 0 Å². The second-order valence-electron chi connectivity index (χ2n) is 9.01. The van der Waals surface area contributed by atoms with Gasteiger partial charge in [0.1, 0.15) is 22.4 Å². The van der Waals surface area contributed by atoms with Crippen LogP contribution in [0.3, 0.4) is 0 Å². The van der Waals surface area contributed by atoms with Gasteiger partial charge in [0.25, 0.3) is 0 Å². The summed E-state index contributed by atoms with van der Waals surface area (Å²) in [5.74, 6) is 0. The van der Waals surface area contributed by atoms with E-state index in [1.54, 1.807) is 11.1 Å². The zero-order chi connectivity index (χ0) is 22.1. The highest BCUT2D eigenvalue weighted by molar-refractivity contribution is 7.09. The lowest BCUT2D eigenvalue weighted by Crippen LogP contribution is -2.54. The van der Waals surface area contributed by atoms with E-state index in [0.29, 0.717) is 5.01 Å². The van der Waals surface area contributed by atoms with Crippen LogP contribution in [0.4, 0.5) is 4.79 Å². The number of thiazole rings is 1. The van der Waals surface area contributed by atoms with Crippen molar-refractivity contribution in [3.8, 4) is 0 Å². The number of carbonyl (C=O) groups excluding carboxylic acids is 1. The van der Waals surface area contributed by atoms with Crippen molar-refractivity contribution in [2.45, 2.75) is 77.6 Å². The Kier molecular flexibility index (Phi) is 6.52. The molecule has 1 aliphatic rings. The van der Waals surface area contributed by atoms with Gasteiger partial charge in [-0.2, -0.15) is 5.06 Å². The number of benzene rings is 1. The molecular weight excluding hydrogens is 402 g/mol. The van der Waals surface area contributed by atoms with Crippen LogP contribution in [0.5, 0.6) is 0 Å². The number of nitrogens with zero attached hydrogens (tertiary/aromatic N) is 3. The molecule has 8 heteroatoms. The normalized spacial score (nSPS) is 22.3. The molecule has 1 saturated heterocycles. The molecule has 30 heavy (non-hydrogen) atoms. The molecule has 164 valence electrons. The predicted molar refractivity (Wildman–Crippen MR) is 115 cm³/mol. The van der Waals surface area contributed by atoms with Gasteiger partial charge in [0, 0.05) is 18.1 Å². The molecular formula is C22H31N3O4S. The molecule has 1 fully saturated rings. The third-order valence-electron chi connectivity index (χ3n) is 4.96. The van der Waals surface area contributed by atoms with Crippen molar-refractivity contribution in [1.82, 2.24) is 14.9 Å². The van der Waals surface area contributed by atoms with Gasteiger partial charge in [-0.3, -0.25) is 4.90 Å². The van der Waals surface area contributed by atoms with Crippen LogP contribution < -0.4 is 0 Å². The van der Waals surface area contributed by atoms with Crippen molar-refractivity contribution in [3.63, 3.8) is 0 Å². The largest absolute Gasteiger partial charge is 0.444 e. The minimum atomic E-state index is -0.893. The summed E-state index contributed by atoms with van der Waals surface area (Å²) in [5, 5.41) is 15.0. The molecule has 1 aromatic heterocycles. The number of ether oxygens (including phenoxy) is 2. The van der Waals surface area contributed by atoms with Crippen molar-refractivity contribution >= 4 is 17.4 Å². The van der Waals surface area contributed by atoms with Crippen LogP contribution in [0, 0.1) is 0 Å². The van der Waals surface area contributed by atoms with Crippen molar-refractivity contribution in [3.05, 3.63) is 52.5 Å². The third kappa shape index (κ3) is 5.00. The maximum Gasteiger partial charge on any atom is 0.412 e. The fourth-order valence-corrected chi connectivity index (χ4v) is 4.68. The Morgan fingerprint density at radius 3 is 2.60 bits per heavy atom. The number of hydrogen-bond acceptors (Lipinski definition) is 7. The quantitative estimate of drug-likeness (QED) is 0.681. The molecule has 0 bridgehead atoms. The van der Waals surface area contributed by atoms with E-state index < -0.39 is 29.5 Å². The number of hydrogen-bond donors (Lipinski definition) is 1. The Balaban J connectivity index is 1.98. The zero-order valence-electron chi connectivity index (χ0n) is 18.4. The van der Waals surface area contributed by atoms with Gasteiger partial charge in [-0.05, 0) is 47.1 Å². The molecule has 7 nitrogen and oxygen atoms in total. The molecule has 1 N–H and O–H groups in total. The van der Waals surface area contributed by atoms with Gasteiger partial charge in [0.15, 0.2) is 0 Å². The average molecular weight is 434 g/mol. The third-order valence-corrected chi connectivity index (χ3v) is 5.81.